The van der Waals surface area contributed by atoms with Crippen molar-refractivity contribution in [3.05, 3.63) is 27.4 Å². The fraction of sp³-hybridized carbons (Fsp3) is 0.400. The molecule has 2 rings (SSSR count). The van der Waals surface area contributed by atoms with Crippen molar-refractivity contribution >= 4 is 34.2 Å². The van der Waals surface area contributed by atoms with Crippen LogP contribution in [-0.4, -0.2) is 9.90 Å². The van der Waals surface area contributed by atoms with Gasteiger partial charge in [-0.05, 0) is 18.6 Å². The van der Waals surface area contributed by atoms with Gasteiger partial charge in [-0.15, -0.1) is 9.53 Å². The van der Waals surface area contributed by atoms with Gasteiger partial charge in [-0.25, -0.2) is 0 Å². The van der Waals surface area contributed by atoms with Crippen molar-refractivity contribution in [2.75, 3.05) is 0 Å². The van der Waals surface area contributed by atoms with E-state index in [1.54, 1.807) is 16.8 Å². The number of halogens is 2. The summed E-state index contributed by atoms with van der Waals surface area (Å²) in [5.74, 6) is 0. The van der Waals surface area contributed by atoms with Crippen molar-refractivity contribution in [3.63, 3.8) is 0 Å². The second-order valence-corrected chi connectivity index (χ2v) is 4.35. The van der Waals surface area contributed by atoms with Crippen LogP contribution in [0.4, 0.5) is 0 Å². The number of unbranched alkanes of at least 4 members (excludes halogenated alkanes) is 1. The van der Waals surface area contributed by atoms with Gasteiger partial charge in [-0.2, -0.15) is 0 Å². The zero-order valence-electron chi connectivity index (χ0n) is 8.78. The molecular weight excluding hydrogens is 249 g/mol. The van der Waals surface area contributed by atoms with Gasteiger partial charge in [0.15, 0.2) is 0 Å². The van der Waals surface area contributed by atoms with Gasteiger partial charge in [0.25, 0.3) is 0 Å². The van der Waals surface area contributed by atoms with Gasteiger partial charge in [0, 0.05) is 0 Å². The molecule has 6 heteroatoms. The summed E-state index contributed by atoms with van der Waals surface area (Å²) in [4.78, 5) is 0.577. The topological polar surface area (TPSA) is 44.8 Å². The van der Waals surface area contributed by atoms with Gasteiger partial charge >= 0.3 is 0 Å². The molecule has 86 valence electrons. The monoisotopic (exact) mass is 259 g/mol. The second kappa shape index (κ2) is 4.47. The minimum Gasteiger partial charge on any atom is -0.691 e. The third kappa shape index (κ3) is 1.83. The van der Waals surface area contributed by atoms with E-state index in [9.17, 15) is 5.21 Å². The molecule has 0 aliphatic rings. The number of rotatable bonds is 3. The lowest BCUT2D eigenvalue weighted by Gasteiger charge is -1.96. The first-order valence-electron chi connectivity index (χ1n) is 5.09. The maximum Gasteiger partial charge on any atom is 0.218 e. The summed E-state index contributed by atoms with van der Waals surface area (Å²) in [7, 11) is 0. The zero-order valence-corrected chi connectivity index (χ0v) is 10.3. The fourth-order valence-corrected chi connectivity index (χ4v) is 1.99. The summed E-state index contributed by atoms with van der Waals surface area (Å²) < 4.78 is 1.61. The van der Waals surface area contributed by atoms with E-state index >= 15 is 0 Å². The molecule has 0 saturated heterocycles. The summed E-state index contributed by atoms with van der Waals surface area (Å²) in [5.41, 5.74) is 1.06. The molecule has 0 aliphatic heterocycles. The van der Waals surface area contributed by atoms with Crippen molar-refractivity contribution in [1.29, 1.82) is 0 Å². The first-order chi connectivity index (χ1) is 7.65. The normalized spacial score (nSPS) is 11.2. The fourth-order valence-electron chi connectivity index (χ4n) is 1.59. The van der Waals surface area contributed by atoms with Crippen molar-refractivity contribution < 1.29 is 4.85 Å². The van der Waals surface area contributed by atoms with E-state index in [0.29, 0.717) is 32.5 Å². The summed E-state index contributed by atoms with van der Waals surface area (Å²) in [5, 5.41) is 16.2. The number of benzene rings is 1. The number of aryl methyl sites for hydroxylation is 1. The Hall–Kier alpha value is -1.000. The van der Waals surface area contributed by atoms with E-state index in [1.807, 2.05) is 0 Å². The number of nitrogens with zero attached hydrogens (tertiary/aromatic N) is 3. The van der Waals surface area contributed by atoms with Crippen molar-refractivity contribution in [3.8, 4) is 0 Å². The van der Waals surface area contributed by atoms with Gasteiger partial charge in [0.2, 0.25) is 11.0 Å². The van der Waals surface area contributed by atoms with Crippen LogP contribution in [0.2, 0.25) is 10.0 Å². The summed E-state index contributed by atoms with van der Waals surface area (Å²) in [6, 6.07) is 3.23. The lowest BCUT2D eigenvalue weighted by molar-refractivity contribution is -0.646. The summed E-state index contributed by atoms with van der Waals surface area (Å²) in [6.07, 6.45) is 1.97. The van der Waals surface area contributed by atoms with Crippen LogP contribution in [0.1, 0.15) is 19.8 Å². The van der Waals surface area contributed by atoms with E-state index < -0.39 is 0 Å². The van der Waals surface area contributed by atoms with Crippen LogP contribution in [0.15, 0.2) is 12.1 Å². The molecule has 0 saturated carbocycles. The molecule has 0 bridgehead atoms. The Morgan fingerprint density at radius 3 is 2.88 bits per heavy atom. The standard InChI is InChI=1S/C10H11Cl2N3O/c1-2-3-6-14-10-8(15(16)13-14)5-4-7(11)9(10)12/h4-5H,2-3,6H2,1H3. The molecule has 1 heterocycles. The van der Waals surface area contributed by atoms with Gasteiger partial charge in [-0.3, -0.25) is 0 Å². The highest BCUT2D eigenvalue weighted by atomic mass is 35.5. The lowest BCUT2D eigenvalue weighted by atomic mass is 10.3. The third-order valence-corrected chi connectivity index (χ3v) is 3.22. The van der Waals surface area contributed by atoms with Gasteiger partial charge in [0.1, 0.15) is 11.6 Å². The first kappa shape index (κ1) is 11.5. The minimum absolute atomic E-state index is 0.386. The van der Waals surface area contributed by atoms with E-state index in [2.05, 4.69) is 12.1 Å². The number of hydrogen-bond acceptors (Lipinski definition) is 2. The zero-order chi connectivity index (χ0) is 11.7. The van der Waals surface area contributed by atoms with Crippen LogP contribution in [0.5, 0.6) is 0 Å². The minimum atomic E-state index is 0.386. The highest BCUT2D eigenvalue weighted by molar-refractivity contribution is 6.44. The Kier molecular flexibility index (Phi) is 3.21. The first-order valence-corrected chi connectivity index (χ1v) is 5.85. The Morgan fingerprint density at radius 1 is 1.44 bits per heavy atom. The third-order valence-electron chi connectivity index (χ3n) is 2.42. The Labute approximate surface area is 103 Å². The molecule has 0 aliphatic carbocycles. The van der Waals surface area contributed by atoms with Crippen LogP contribution in [0.25, 0.3) is 11.0 Å². The highest BCUT2D eigenvalue weighted by Gasteiger charge is 2.19. The molecule has 0 N–H and O–H groups in total. The lowest BCUT2D eigenvalue weighted by Crippen LogP contribution is -2.29. The van der Waals surface area contributed by atoms with Crippen LogP contribution in [-0.2, 0) is 6.54 Å². The van der Waals surface area contributed by atoms with Crippen LogP contribution in [0.3, 0.4) is 0 Å². The van der Waals surface area contributed by atoms with E-state index in [-0.39, 0.29) is 0 Å². The van der Waals surface area contributed by atoms with Crippen molar-refractivity contribution in [1.82, 2.24) is 9.90 Å². The predicted molar refractivity (Wildman–Crippen MR) is 63.6 cm³/mol. The Balaban J connectivity index is 2.61. The maximum absolute atomic E-state index is 11.5. The predicted octanol–water partition coefficient (Wildman–Crippen LogP) is 2.78. The average molecular weight is 260 g/mol. The molecule has 0 fully saturated rings. The molecule has 0 amide bonds. The molecule has 4 nitrogen and oxygen atoms in total. The van der Waals surface area contributed by atoms with E-state index in [1.165, 1.54) is 0 Å². The molecule has 1 aromatic carbocycles. The molecule has 0 spiro atoms. The molecule has 1 aromatic heterocycles. The molecule has 0 atom stereocenters. The number of fused-ring (bicyclic) bond motifs is 1. The second-order valence-electron chi connectivity index (χ2n) is 3.57. The van der Waals surface area contributed by atoms with E-state index in [0.717, 1.165) is 12.8 Å². The van der Waals surface area contributed by atoms with Crippen LogP contribution in [0, 0.1) is 5.21 Å². The molecular formula is C10H11Cl2N3O. The smallest absolute Gasteiger partial charge is 0.218 e. The number of aromatic nitrogens is 3. The largest absolute Gasteiger partial charge is 0.691 e. The summed E-state index contributed by atoms with van der Waals surface area (Å²) in [6.45, 7) is 2.74. The number of hydrogen-bond donors (Lipinski definition) is 0. The average Bonchev–Trinajstić information content (AvgIpc) is 2.58. The van der Waals surface area contributed by atoms with Gasteiger partial charge in [-0.1, -0.05) is 36.5 Å². The Morgan fingerprint density at radius 2 is 2.19 bits per heavy atom. The molecule has 16 heavy (non-hydrogen) atoms. The Bertz CT molecular complexity index is 524. The maximum atomic E-state index is 11.5. The SMILES string of the molecule is CCCCn1n[n+]([O-])c2ccc(Cl)c(Cl)c21. The molecule has 2 aromatic rings. The van der Waals surface area contributed by atoms with Crippen molar-refractivity contribution in [2.24, 2.45) is 0 Å². The van der Waals surface area contributed by atoms with E-state index in [4.69, 9.17) is 23.2 Å². The molecule has 0 radical (unpaired) electrons. The van der Waals surface area contributed by atoms with Crippen molar-refractivity contribution in [2.45, 2.75) is 26.3 Å². The quantitative estimate of drug-likeness (QED) is 0.629. The summed E-state index contributed by atoms with van der Waals surface area (Å²) >= 11 is 12.0. The highest BCUT2D eigenvalue weighted by Crippen LogP contribution is 2.29. The van der Waals surface area contributed by atoms with Gasteiger partial charge < -0.3 is 5.21 Å². The van der Waals surface area contributed by atoms with Crippen LogP contribution < -0.4 is 4.85 Å². The van der Waals surface area contributed by atoms with Crippen LogP contribution >= 0.6 is 23.2 Å². The molecule has 0 unspecified atom stereocenters. The van der Waals surface area contributed by atoms with Gasteiger partial charge in [0.05, 0.1) is 10.2 Å².